The maximum atomic E-state index is 3.75. The molecule has 0 aliphatic carbocycles. The molecule has 1 rings (SSSR count). The lowest BCUT2D eigenvalue weighted by Gasteiger charge is -2.03. The van der Waals surface area contributed by atoms with Crippen LogP contribution in [0.1, 0.15) is 38.0 Å². The molecule has 78 valence electrons. The number of hydrogen-bond donors (Lipinski definition) is 0. The van der Waals surface area contributed by atoms with E-state index in [1.807, 2.05) is 38.1 Å². The summed E-state index contributed by atoms with van der Waals surface area (Å²) in [5.74, 6) is 0. The van der Waals surface area contributed by atoms with E-state index in [9.17, 15) is 0 Å². The normalized spacial score (nSPS) is 7.64. The van der Waals surface area contributed by atoms with Gasteiger partial charge in [-0.15, -0.1) is 0 Å². The van der Waals surface area contributed by atoms with E-state index in [1.54, 1.807) is 0 Å². The van der Waals surface area contributed by atoms with Crippen molar-refractivity contribution in [3.63, 3.8) is 0 Å². The summed E-state index contributed by atoms with van der Waals surface area (Å²) in [6.45, 7) is 13.6. The zero-order valence-electron chi connectivity index (χ0n) is 8.80. The molecule has 14 heavy (non-hydrogen) atoms. The molecule has 0 saturated heterocycles. The highest BCUT2D eigenvalue weighted by Gasteiger charge is 1.96. The molecule has 0 aromatic heterocycles. The van der Waals surface area contributed by atoms with Crippen molar-refractivity contribution in [3.8, 4) is 0 Å². The minimum absolute atomic E-state index is 0. The van der Waals surface area contributed by atoms with Gasteiger partial charge in [0.2, 0.25) is 0 Å². The van der Waals surface area contributed by atoms with Gasteiger partial charge < -0.3 is 0 Å². The summed E-state index contributed by atoms with van der Waals surface area (Å²) < 4.78 is 0. The summed E-state index contributed by atoms with van der Waals surface area (Å²) in [5.41, 5.74) is 3.58. The molecule has 0 heterocycles. The van der Waals surface area contributed by atoms with Gasteiger partial charge in [0, 0.05) is 0 Å². The Hall–Kier alpha value is -1.30. The third-order valence-electron chi connectivity index (χ3n) is 1.78. The van der Waals surface area contributed by atoms with Gasteiger partial charge in [0.1, 0.15) is 0 Å². The van der Waals surface area contributed by atoms with E-state index < -0.39 is 0 Å². The van der Waals surface area contributed by atoms with Gasteiger partial charge in [-0.1, -0.05) is 64.8 Å². The van der Waals surface area contributed by atoms with Crippen LogP contribution in [0.3, 0.4) is 0 Å². The van der Waals surface area contributed by atoms with Gasteiger partial charge in [-0.05, 0) is 23.6 Å². The Labute approximate surface area is 89.0 Å². The Morgan fingerprint density at radius 2 is 1.64 bits per heavy atom. The molecule has 0 unspecified atom stereocenters. The van der Waals surface area contributed by atoms with Gasteiger partial charge >= 0.3 is 0 Å². The second-order valence-corrected chi connectivity index (χ2v) is 2.49. The van der Waals surface area contributed by atoms with E-state index in [4.69, 9.17) is 0 Å². The van der Waals surface area contributed by atoms with Crippen LogP contribution in [0.25, 0.3) is 12.2 Å². The van der Waals surface area contributed by atoms with Crippen LogP contribution in [0.15, 0.2) is 31.4 Å². The summed E-state index contributed by atoms with van der Waals surface area (Å²) in [6.07, 6.45) is 3.72. The van der Waals surface area contributed by atoms with Gasteiger partial charge in [0.15, 0.2) is 0 Å². The summed E-state index contributed by atoms with van der Waals surface area (Å²) in [4.78, 5) is 0. The SMILES string of the molecule is C.C=Cc1cccc(C)c1C=C.CC. The number of rotatable bonds is 2. The molecule has 0 radical (unpaired) electrons. The molecule has 0 nitrogen and oxygen atoms in total. The molecule has 0 bridgehead atoms. The Kier molecular flexibility index (Phi) is 9.01. The van der Waals surface area contributed by atoms with Crippen molar-refractivity contribution in [3.05, 3.63) is 48.0 Å². The van der Waals surface area contributed by atoms with Gasteiger partial charge in [-0.25, -0.2) is 0 Å². The standard InChI is InChI=1S/C11H12.C2H6.CH4/c1-4-10-8-6-7-9(3)11(10)5-2;1-2;/h4-8H,1-2H2,3H3;1-2H3;1H4. The Balaban J connectivity index is 0. The fraction of sp³-hybridized carbons (Fsp3) is 0.286. The topological polar surface area (TPSA) is 0 Å². The van der Waals surface area contributed by atoms with Crippen molar-refractivity contribution in [1.29, 1.82) is 0 Å². The lowest BCUT2D eigenvalue weighted by Crippen LogP contribution is -1.83. The fourth-order valence-corrected chi connectivity index (χ4v) is 1.16. The maximum Gasteiger partial charge on any atom is -0.0161 e. The molecule has 0 spiro atoms. The number of aryl methyl sites for hydroxylation is 1. The monoisotopic (exact) mass is 190 g/mol. The predicted octanol–water partition coefficient (Wildman–Crippen LogP) is 4.94. The first-order valence-corrected chi connectivity index (χ1v) is 4.64. The zero-order chi connectivity index (χ0) is 10.3. The molecule has 0 saturated carbocycles. The first-order chi connectivity index (χ1) is 6.29. The first kappa shape index (κ1) is 15.2. The van der Waals surface area contributed by atoms with Crippen molar-refractivity contribution < 1.29 is 0 Å². The molecule has 1 aromatic carbocycles. The van der Waals surface area contributed by atoms with Crippen LogP contribution in [-0.2, 0) is 0 Å². The van der Waals surface area contributed by atoms with Crippen molar-refractivity contribution >= 4 is 12.2 Å². The molecule has 0 atom stereocenters. The quantitative estimate of drug-likeness (QED) is 0.619. The third-order valence-corrected chi connectivity index (χ3v) is 1.78. The van der Waals surface area contributed by atoms with Gasteiger partial charge in [-0.2, -0.15) is 0 Å². The first-order valence-electron chi connectivity index (χ1n) is 4.64. The van der Waals surface area contributed by atoms with E-state index >= 15 is 0 Å². The van der Waals surface area contributed by atoms with Crippen LogP contribution in [0.4, 0.5) is 0 Å². The summed E-state index contributed by atoms with van der Waals surface area (Å²) in [5, 5.41) is 0. The molecule has 0 fully saturated rings. The van der Waals surface area contributed by atoms with Crippen LogP contribution in [0, 0.1) is 6.92 Å². The highest BCUT2D eigenvalue weighted by Crippen LogP contribution is 2.15. The minimum Gasteiger partial charge on any atom is -0.0984 e. The predicted molar refractivity (Wildman–Crippen MR) is 69.4 cm³/mol. The summed E-state index contributed by atoms with van der Waals surface area (Å²) >= 11 is 0. The molecule has 0 N–H and O–H groups in total. The fourth-order valence-electron chi connectivity index (χ4n) is 1.16. The van der Waals surface area contributed by atoms with Crippen LogP contribution in [-0.4, -0.2) is 0 Å². The van der Waals surface area contributed by atoms with Crippen molar-refractivity contribution in [2.75, 3.05) is 0 Å². The molecule has 1 aromatic rings. The van der Waals surface area contributed by atoms with Crippen molar-refractivity contribution in [2.24, 2.45) is 0 Å². The van der Waals surface area contributed by atoms with Crippen molar-refractivity contribution in [2.45, 2.75) is 28.2 Å². The van der Waals surface area contributed by atoms with Crippen molar-refractivity contribution in [1.82, 2.24) is 0 Å². The summed E-state index contributed by atoms with van der Waals surface area (Å²) in [7, 11) is 0. The second-order valence-electron chi connectivity index (χ2n) is 2.49. The molecule has 0 aliphatic rings. The lowest BCUT2D eigenvalue weighted by molar-refractivity contribution is 1.43. The van der Waals surface area contributed by atoms with Crippen LogP contribution < -0.4 is 0 Å². The summed E-state index contributed by atoms with van der Waals surface area (Å²) in [6, 6.07) is 6.14. The molecule has 0 aliphatic heterocycles. The lowest BCUT2D eigenvalue weighted by atomic mass is 10.0. The van der Waals surface area contributed by atoms with Gasteiger partial charge in [0.05, 0.1) is 0 Å². The average molecular weight is 190 g/mol. The third kappa shape index (κ3) is 3.61. The van der Waals surface area contributed by atoms with Gasteiger partial charge in [-0.3, -0.25) is 0 Å². The Morgan fingerprint density at radius 3 is 2.00 bits per heavy atom. The van der Waals surface area contributed by atoms with Crippen LogP contribution >= 0.6 is 0 Å². The van der Waals surface area contributed by atoms with E-state index in [0.717, 1.165) is 5.56 Å². The molecular weight excluding hydrogens is 168 g/mol. The van der Waals surface area contributed by atoms with Crippen LogP contribution in [0.2, 0.25) is 0 Å². The molecule has 0 amide bonds. The number of hydrogen-bond acceptors (Lipinski definition) is 0. The zero-order valence-corrected chi connectivity index (χ0v) is 8.80. The highest BCUT2D eigenvalue weighted by atomic mass is 14.0. The Morgan fingerprint density at radius 1 is 1.07 bits per heavy atom. The molecule has 0 heteroatoms. The largest absolute Gasteiger partial charge is 0.0984 e. The Bertz CT molecular complexity index is 282. The van der Waals surface area contributed by atoms with E-state index in [2.05, 4.69) is 26.1 Å². The minimum atomic E-state index is 0. The van der Waals surface area contributed by atoms with Crippen LogP contribution in [0.5, 0.6) is 0 Å². The smallest absolute Gasteiger partial charge is 0.0161 e. The highest BCUT2D eigenvalue weighted by molar-refractivity contribution is 5.65. The average Bonchev–Trinajstić information content (AvgIpc) is 2.20. The van der Waals surface area contributed by atoms with Gasteiger partial charge in [0.25, 0.3) is 0 Å². The maximum absolute atomic E-state index is 3.75. The van der Waals surface area contributed by atoms with E-state index in [0.29, 0.717) is 0 Å². The number of benzene rings is 1. The van der Waals surface area contributed by atoms with E-state index in [1.165, 1.54) is 11.1 Å². The van der Waals surface area contributed by atoms with E-state index in [-0.39, 0.29) is 7.43 Å². The second kappa shape index (κ2) is 8.31. The molecular formula is C14H22.